The Morgan fingerprint density at radius 2 is 1.83 bits per heavy atom. The summed E-state index contributed by atoms with van der Waals surface area (Å²) in [5, 5.41) is 0. The molecular formula is C15H17ClN2. The molecule has 0 aliphatic heterocycles. The molecule has 2 nitrogen and oxygen atoms in total. The van der Waals surface area contributed by atoms with Gasteiger partial charge in [0.05, 0.1) is 0 Å². The van der Waals surface area contributed by atoms with Gasteiger partial charge in [0.1, 0.15) is 5.82 Å². The third-order valence-electron chi connectivity index (χ3n) is 2.81. The van der Waals surface area contributed by atoms with Crippen molar-refractivity contribution >= 4 is 17.4 Å². The first-order chi connectivity index (χ1) is 8.69. The van der Waals surface area contributed by atoms with E-state index < -0.39 is 0 Å². The Balaban J connectivity index is 2.18. The summed E-state index contributed by atoms with van der Waals surface area (Å²) in [4.78, 5) is 6.68. The van der Waals surface area contributed by atoms with E-state index in [0.29, 0.717) is 5.88 Å². The molecule has 2 aromatic rings. The Hall–Kier alpha value is -1.54. The molecule has 0 fully saturated rings. The lowest BCUT2D eigenvalue weighted by molar-refractivity contribution is 0.890. The predicted molar refractivity (Wildman–Crippen MR) is 77.1 cm³/mol. The van der Waals surface area contributed by atoms with E-state index in [1.54, 1.807) is 0 Å². The molecule has 0 saturated carbocycles. The van der Waals surface area contributed by atoms with Gasteiger partial charge >= 0.3 is 0 Å². The molecule has 1 heterocycles. The number of hydrogen-bond acceptors (Lipinski definition) is 2. The molecular weight excluding hydrogens is 244 g/mol. The van der Waals surface area contributed by atoms with Crippen molar-refractivity contribution in [3.05, 3.63) is 59.3 Å². The number of anilines is 1. The minimum absolute atomic E-state index is 0.523. The third kappa shape index (κ3) is 3.23. The molecule has 0 aliphatic carbocycles. The van der Waals surface area contributed by atoms with Crippen molar-refractivity contribution in [2.24, 2.45) is 0 Å². The molecule has 0 N–H and O–H groups in total. The van der Waals surface area contributed by atoms with E-state index in [1.165, 1.54) is 5.56 Å². The predicted octanol–water partition coefficient (Wildman–Crippen LogP) is 3.77. The zero-order valence-corrected chi connectivity index (χ0v) is 11.5. The van der Waals surface area contributed by atoms with Crippen molar-refractivity contribution in [2.45, 2.75) is 19.3 Å². The van der Waals surface area contributed by atoms with E-state index in [0.717, 1.165) is 23.6 Å². The molecule has 1 aromatic heterocycles. The van der Waals surface area contributed by atoms with Crippen molar-refractivity contribution in [2.75, 3.05) is 11.9 Å². The summed E-state index contributed by atoms with van der Waals surface area (Å²) in [6.45, 7) is 2.84. The highest BCUT2D eigenvalue weighted by atomic mass is 35.5. The average Bonchev–Trinajstić information content (AvgIpc) is 2.39. The number of rotatable bonds is 4. The second-order valence-electron chi connectivity index (χ2n) is 4.45. The molecule has 94 valence electrons. The van der Waals surface area contributed by atoms with Crippen molar-refractivity contribution in [1.29, 1.82) is 0 Å². The number of aromatic nitrogens is 1. The van der Waals surface area contributed by atoms with Crippen LogP contribution in [0.1, 0.15) is 16.8 Å². The van der Waals surface area contributed by atoms with Crippen LogP contribution < -0.4 is 4.90 Å². The van der Waals surface area contributed by atoms with E-state index in [-0.39, 0.29) is 0 Å². The highest BCUT2D eigenvalue weighted by Crippen LogP contribution is 2.17. The van der Waals surface area contributed by atoms with Crippen LogP contribution in [0.2, 0.25) is 0 Å². The molecule has 1 aromatic carbocycles. The van der Waals surface area contributed by atoms with E-state index in [4.69, 9.17) is 11.6 Å². The Kier molecular flexibility index (Phi) is 4.21. The fraction of sp³-hybridized carbons (Fsp3) is 0.267. The van der Waals surface area contributed by atoms with Crippen LogP contribution in [-0.2, 0) is 12.4 Å². The molecule has 0 aliphatic rings. The van der Waals surface area contributed by atoms with Gasteiger partial charge in [0.25, 0.3) is 0 Å². The Morgan fingerprint density at radius 1 is 1.11 bits per heavy atom. The monoisotopic (exact) mass is 260 g/mol. The van der Waals surface area contributed by atoms with Gasteiger partial charge in [-0.15, -0.1) is 11.6 Å². The zero-order chi connectivity index (χ0) is 13.0. The lowest BCUT2D eigenvalue weighted by atomic mass is 10.2. The molecule has 0 saturated heterocycles. The van der Waals surface area contributed by atoms with Crippen molar-refractivity contribution in [1.82, 2.24) is 4.98 Å². The Bertz CT molecular complexity index is 511. The topological polar surface area (TPSA) is 16.1 Å². The lowest BCUT2D eigenvalue weighted by Crippen LogP contribution is -2.18. The standard InChI is InChI=1S/C15H17ClN2/c1-12-8-14(10-16)9-15(17-12)18(2)11-13-6-4-3-5-7-13/h3-9H,10-11H2,1-2H3. The van der Waals surface area contributed by atoms with Gasteiger partial charge < -0.3 is 4.90 Å². The first-order valence-electron chi connectivity index (χ1n) is 5.97. The van der Waals surface area contributed by atoms with Crippen LogP contribution >= 0.6 is 11.6 Å². The van der Waals surface area contributed by atoms with Gasteiger partial charge in [0.15, 0.2) is 0 Å². The smallest absolute Gasteiger partial charge is 0.129 e. The summed E-state index contributed by atoms with van der Waals surface area (Å²) >= 11 is 5.89. The van der Waals surface area contributed by atoms with Gasteiger partial charge in [0.2, 0.25) is 0 Å². The summed E-state index contributed by atoms with van der Waals surface area (Å²) in [5.74, 6) is 1.49. The maximum atomic E-state index is 5.89. The van der Waals surface area contributed by atoms with Crippen LogP contribution in [0.25, 0.3) is 0 Å². The quantitative estimate of drug-likeness (QED) is 0.778. The van der Waals surface area contributed by atoms with Crippen LogP contribution in [0.5, 0.6) is 0 Å². The van der Waals surface area contributed by atoms with Crippen LogP contribution in [-0.4, -0.2) is 12.0 Å². The van der Waals surface area contributed by atoms with Crippen LogP contribution in [0, 0.1) is 6.92 Å². The molecule has 0 amide bonds. The molecule has 0 spiro atoms. The van der Waals surface area contributed by atoms with Crippen LogP contribution in [0.4, 0.5) is 5.82 Å². The maximum Gasteiger partial charge on any atom is 0.129 e. The van der Waals surface area contributed by atoms with Gasteiger partial charge in [-0.25, -0.2) is 4.98 Å². The Morgan fingerprint density at radius 3 is 2.50 bits per heavy atom. The van der Waals surface area contributed by atoms with Gasteiger partial charge in [0, 0.05) is 25.2 Å². The second kappa shape index (κ2) is 5.87. The molecule has 0 unspecified atom stereocenters. The largest absolute Gasteiger partial charge is 0.355 e. The fourth-order valence-corrected chi connectivity index (χ4v) is 2.09. The van der Waals surface area contributed by atoms with Crippen molar-refractivity contribution in [3.8, 4) is 0 Å². The third-order valence-corrected chi connectivity index (χ3v) is 3.12. The molecule has 18 heavy (non-hydrogen) atoms. The number of hydrogen-bond donors (Lipinski definition) is 0. The number of pyridine rings is 1. The minimum atomic E-state index is 0.523. The zero-order valence-electron chi connectivity index (χ0n) is 10.7. The summed E-state index contributed by atoms with van der Waals surface area (Å²) < 4.78 is 0. The number of alkyl halides is 1. The summed E-state index contributed by atoms with van der Waals surface area (Å²) in [6.07, 6.45) is 0. The highest BCUT2D eigenvalue weighted by Gasteiger charge is 2.05. The van der Waals surface area contributed by atoms with E-state index in [2.05, 4.69) is 34.1 Å². The Labute approximate surface area is 113 Å². The highest BCUT2D eigenvalue weighted by molar-refractivity contribution is 6.17. The minimum Gasteiger partial charge on any atom is -0.355 e. The number of benzene rings is 1. The normalized spacial score (nSPS) is 10.4. The SMILES string of the molecule is Cc1cc(CCl)cc(N(C)Cc2ccccc2)n1. The first kappa shape index (κ1) is 12.9. The number of aryl methyl sites for hydroxylation is 1. The van der Waals surface area contributed by atoms with E-state index >= 15 is 0 Å². The molecule has 0 atom stereocenters. The van der Waals surface area contributed by atoms with Gasteiger partial charge in [-0.1, -0.05) is 30.3 Å². The second-order valence-corrected chi connectivity index (χ2v) is 4.72. The van der Waals surface area contributed by atoms with Crippen molar-refractivity contribution in [3.63, 3.8) is 0 Å². The van der Waals surface area contributed by atoms with Gasteiger partial charge in [-0.3, -0.25) is 0 Å². The van der Waals surface area contributed by atoms with E-state index in [9.17, 15) is 0 Å². The summed E-state index contributed by atoms with van der Waals surface area (Å²) in [7, 11) is 2.05. The van der Waals surface area contributed by atoms with Crippen LogP contribution in [0.15, 0.2) is 42.5 Å². The average molecular weight is 261 g/mol. The molecule has 0 radical (unpaired) electrons. The van der Waals surface area contributed by atoms with E-state index in [1.807, 2.05) is 32.2 Å². The molecule has 2 rings (SSSR count). The summed E-state index contributed by atoms with van der Waals surface area (Å²) in [6, 6.07) is 14.4. The first-order valence-corrected chi connectivity index (χ1v) is 6.51. The fourth-order valence-electron chi connectivity index (χ4n) is 1.93. The van der Waals surface area contributed by atoms with Gasteiger partial charge in [-0.2, -0.15) is 0 Å². The summed E-state index contributed by atoms with van der Waals surface area (Å²) in [5.41, 5.74) is 3.39. The maximum absolute atomic E-state index is 5.89. The van der Waals surface area contributed by atoms with Gasteiger partial charge in [-0.05, 0) is 30.2 Å². The van der Waals surface area contributed by atoms with Crippen molar-refractivity contribution < 1.29 is 0 Å². The molecule has 3 heteroatoms. The van der Waals surface area contributed by atoms with Crippen LogP contribution in [0.3, 0.4) is 0 Å². The number of nitrogens with zero attached hydrogens (tertiary/aromatic N) is 2. The number of halogens is 1. The lowest BCUT2D eigenvalue weighted by Gasteiger charge is -2.19. The molecule has 0 bridgehead atoms.